The zero-order valence-electron chi connectivity index (χ0n) is 8.53. The summed E-state index contributed by atoms with van der Waals surface area (Å²) in [6.07, 6.45) is 1.69. The van der Waals surface area contributed by atoms with Crippen LogP contribution in [0.4, 0.5) is 9.52 Å². The maximum absolute atomic E-state index is 12.6. The molecule has 0 spiro atoms. The molecule has 5 heteroatoms. The molecule has 1 amide bonds. The van der Waals surface area contributed by atoms with Crippen LogP contribution in [0.15, 0.2) is 30.5 Å². The second-order valence-corrected chi connectivity index (χ2v) is 4.47. The Morgan fingerprint density at radius 3 is 2.62 bits per heavy atom. The molecule has 3 nitrogen and oxygen atoms in total. The minimum Gasteiger partial charge on any atom is -0.298 e. The smallest absolute Gasteiger partial charge is 0.257 e. The third-order valence-electron chi connectivity index (χ3n) is 1.95. The summed E-state index contributed by atoms with van der Waals surface area (Å²) in [4.78, 5) is 16.7. The molecule has 2 aromatic rings. The van der Waals surface area contributed by atoms with Crippen LogP contribution in [-0.4, -0.2) is 10.9 Å². The number of aromatic nitrogens is 1. The number of aryl methyl sites for hydroxylation is 1. The maximum Gasteiger partial charge on any atom is 0.257 e. The molecule has 0 radical (unpaired) electrons. The molecule has 1 heterocycles. The summed E-state index contributed by atoms with van der Waals surface area (Å²) in [5.74, 6) is -0.643. The molecule has 1 aromatic carbocycles. The lowest BCUT2D eigenvalue weighted by atomic mass is 10.2. The van der Waals surface area contributed by atoms with E-state index in [9.17, 15) is 9.18 Å². The number of carbonyl (C=O) groups is 1. The van der Waals surface area contributed by atoms with Crippen LogP contribution in [-0.2, 0) is 0 Å². The molecule has 0 saturated heterocycles. The Balaban J connectivity index is 2.11. The molecule has 0 unspecified atom stereocenters. The van der Waals surface area contributed by atoms with Gasteiger partial charge in [0.25, 0.3) is 5.91 Å². The van der Waals surface area contributed by atoms with Crippen molar-refractivity contribution in [3.05, 3.63) is 46.7 Å². The minimum absolute atomic E-state index is 0.283. The number of carbonyl (C=O) groups excluding carboxylic acids is 1. The highest BCUT2D eigenvalue weighted by atomic mass is 32.1. The summed E-state index contributed by atoms with van der Waals surface area (Å²) in [6.45, 7) is 1.91. The van der Waals surface area contributed by atoms with Crippen LogP contribution in [0.5, 0.6) is 0 Å². The van der Waals surface area contributed by atoms with Gasteiger partial charge < -0.3 is 0 Å². The van der Waals surface area contributed by atoms with Gasteiger partial charge in [-0.25, -0.2) is 9.37 Å². The van der Waals surface area contributed by atoms with E-state index >= 15 is 0 Å². The first-order chi connectivity index (χ1) is 7.65. The summed E-state index contributed by atoms with van der Waals surface area (Å²) in [5.41, 5.74) is 0.411. The normalized spacial score (nSPS) is 10.1. The van der Waals surface area contributed by atoms with Gasteiger partial charge in [0, 0.05) is 16.6 Å². The molecule has 0 fully saturated rings. The van der Waals surface area contributed by atoms with E-state index in [0.717, 1.165) is 4.88 Å². The van der Waals surface area contributed by atoms with Crippen LogP contribution >= 0.6 is 11.3 Å². The van der Waals surface area contributed by atoms with Crippen LogP contribution in [0.25, 0.3) is 0 Å². The van der Waals surface area contributed by atoms with Crippen molar-refractivity contribution in [1.29, 1.82) is 0 Å². The lowest BCUT2D eigenvalue weighted by molar-refractivity contribution is 0.102. The molecule has 0 bridgehead atoms. The van der Waals surface area contributed by atoms with Gasteiger partial charge in [-0.1, -0.05) is 0 Å². The monoisotopic (exact) mass is 236 g/mol. The zero-order valence-corrected chi connectivity index (χ0v) is 9.34. The average molecular weight is 236 g/mol. The number of nitrogens with one attached hydrogen (secondary N) is 1. The molecule has 1 N–H and O–H groups in total. The fourth-order valence-corrected chi connectivity index (χ4v) is 1.84. The second-order valence-electron chi connectivity index (χ2n) is 3.24. The highest BCUT2D eigenvalue weighted by molar-refractivity contribution is 7.15. The summed E-state index contributed by atoms with van der Waals surface area (Å²) in [7, 11) is 0. The number of hydrogen-bond donors (Lipinski definition) is 1. The van der Waals surface area contributed by atoms with Crippen molar-refractivity contribution in [3.63, 3.8) is 0 Å². The largest absolute Gasteiger partial charge is 0.298 e. The minimum atomic E-state index is -0.360. The molecular weight excluding hydrogens is 227 g/mol. The van der Waals surface area contributed by atoms with Crippen molar-refractivity contribution in [2.75, 3.05) is 5.32 Å². The fourth-order valence-electron chi connectivity index (χ4n) is 1.18. The van der Waals surface area contributed by atoms with E-state index in [0.29, 0.717) is 10.7 Å². The van der Waals surface area contributed by atoms with E-state index in [1.807, 2.05) is 6.92 Å². The van der Waals surface area contributed by atoms with Crippen molar-refractivity contribution in [2.45, 2.75) is 6.92 Å². The van der Waals surface area contributed by atoms with E-state index in [1.165, 1.54) is 35.6 Å². The number of amides is 1. The van der Waals surface area contributed by atoms with Crippen LogP contribution < -0.4 is 5.32 Å². The van der Waals surface area contributed by atoms with Gasteiger partial charge in [0.1, 0.15) is 5.82 Å². The van der Waals surface area contributed by atoms with Gasteiger partial charge in [-0.3, -0.25) is 10.1 Å². The third kappa shape index (κ3) is 2.43. The molecule has 1 aromatic heterocycles. The molecule has 0 atom stereocenters. The Morgan fingerprint density at radius 1 is 1.38 bits per heavy atom. The van der Waals surface area contributed by atoms with Crippen molar-refractivity contribution in [3.8, 4) is 0 Å². The first-order valence-electron chi connectivity index (χ1n) is 4.64. The molecule has 0 aliphatic rings. The first-order valence-corrected chi connectivity index (χ1v) is 5.46. The lowest BCUT2D eigenvalue weighted by Crippen LogP contribution is -2.11. The Hall–Kier alpha value is -1.75. The Bertz CT molecular complexity index is 507. The van der Waals surface area contributed by atoms with Gasteiger partial charge >= 0.3 is 0 Å². The molecule has 0 aliphatic carbocycles. The molecular formula is C11H9FN2OS. The molecule has 0 aliphatic heterocycles. The standard InChI is InChI=1S/C11H9FN2OS/c1-7-6-13-11(16-7)14-10(15)8-2-4-9(12)5-3-8/h2-6H,1H3,(H,13,14,15). The third-order valence-corrected chi connectivity index (χ3v) is 2.78. The van der Waals surface area contributed by atoms with Gasteiger partial charge in [0.15, 0.2) is 5.13 Å². The average Bonchev–Trinajstić information content (AvgIpc) is 2.65. The second kappa shape index (κ2) is 4.40. The Kier molecular flexibility index (Phi) is 2.96. The number of rotatable bonds is 2. The molecule has 2 rings (SSSR count). The molecule has 82 valence electrons. The lowest BCUT2D eigenvalue weighted by Gasteiger charge is -2.00. The van der Waals surface area contributed by atoms with Gasteiger partial charge in [0.05, 0.1) is 0 Å². The van der Waals surface area contributed by atoms with Crippen molar-refractivity contribution in [1.82, 2.24) is 4.98 Å². The molecule has 0 saturated carbocycles. The fraction of sp³-hybridized carbons (Fsp3) is 0.0909. The van der Waals surface area contributed by atoms with Crippen LogP contribution in [0, 0.1) is 12.7 Å². The van der Waals surface area contributed by atoms with E-state index < -0.39 is 0 Å². The summed E-state index contributed by atoms with van der Waals surface area (Å²) >= 11 is 1.40. The van der Waals surface area contributed by atoms with Crippen molar-refractivity contribution < 1.29 is 9.18 Å². The highest BCUT2D eigenvalue weighted by Gasteiger charge is 2.07. The van der Waals surface area contributed by atoms with Gasteiger partial charge in [-0.05, 0) is 31.2 Å². The van der Waals surface area contributed by atoms with Crippen LogP contribution in [0.3, 0.4) is 0 Å². The Labute approximate surface area is 96.0 Å². The number of benzene rings is 1. The maximum atomic E-state index is 12.6. The SMILES string of the molecule is Cc1cnc(NC(=O)c2ccc(F)cc2)s1. The van der Waals surface area contributed by atoms with E-state index in [1.54, 1.807) is 6.20 Å². The first kappa shape index (κ1) is 10.8. The zero-order chi connectivity index (χ0) is 11.5. The number of nitrogens with zero attached hydrogens (tertiary/aromatic N) is 1. The van der Waals surface area contributed by atoms with Crippen molar-refractivity contribution >= 4 is 22.4 Å². The quantitative estimate of drug-likeness (QED) is 0.871. The summed E-state index contributed by atoms with van der Waals surface area (Å²) < 4.78 is 12.6. The van der Waals surface area contributed by atoms with E-state index in [2.05, 4.69) is 10.3 Å². The van der Waals surface area contributed by atoms with E-state index in [4.69, 9.17) is 0 Å². The predicted octanol–water partition coefficient (Wildman–Crippen LogP) is 2.84. The van der Waals surface area contributed by atoms with Gasteiger partial charge in [0.2, 0.25) is 0 Å². The topological polar surface area (TPSA) is 42.0 Å². The number of hydrogen-bond acceptors (Lipinski definition) is 3. The predicted molar refractivity (Wildman–Crippen MR) is 61.2 cm³/mol. The summed E-state index contributed by atoms with van der Waals surface area (Å²) in [6, 6.07) is 5.38. The molecule has 16 heavy (non-hydrogen) atoms. The van der Waals surface area contributed by atoms with Gasteiger partial charge in [-0.15, -0.1) is 11.3 Å². The van der Waals surface area contributed by atoms with Gasteiger partial charge in [-0.2, -0.15) is 0 Å². The van der Waals surface area contributed by atoms with Crippen LogP contribution in [0.1, 0.15) is 15.2 Å². The Morgan fingerprint density at radius 2 is 2.06 bits per heavy atom. The number of anilines is 1. The van der Waals surface area contributed by atoms with E-state index in [-0.39, 0.29) is 11.7 Å². The summed E-state index contributed by atoms with van der Waals surface area (Å²) in [5, 5.41) is 3.19. The number of halogens is 1. The number of thiazole rings is 1. The highest BCUT2D eigenvalue weighted by Crippen LogP contribution is 2.17. The van der Waals surface area contributed by atoms with Crippen LogP contribution in [0.2, 0.25) is 0 Å². The van der Waals surface area contributed by atoms with Crippen molar-refractivity contribution in [2.24, 2.45) is 0 Å².